The first-order valence-electron chi connectivity index (χ1n) is 4.48. The zero-order chi connectivity index (χ0) is 11.6. The smallest absolute Gasteiger partial charge is 0.357 e. The van der Waals surface area contributed by atoms with Crippen molar-refractivity contribution in [1.82, 2.24) is 5.32 Å². The molecule has 15 heavy (non-hydrogen) atoms. The van der Waals surface area contributed by atoms with Crippen molar-refractivity contribution in [3.63, 3.8) is 0 Å². The van der Waals surface area contributed by atoms with Gasteiger partial charge in [-0.25, -0.2) is 0 Å². The molecule has 1 rings (SSSR count). The van der Waals surface area contributed by atoms with Gasteiger partial charge in [-0.05, 0) is 19.8 Å². The molecule has 0 aliphatic carbocycles. The number of rotatable bonds is 1. The van der Waals surface area contributed by atoms with Gasteiger partial charge in [-0.15, -0.1) is 0 Å². The third kappa shape index (κ3) is 3.53. The van der Waals surface area contributed by atoms with Crippen LogP contribution in [0.25, 0.3) is 0 Å². The fourth-order valence-electron chi connectivity index (χ4n) is 1.38. The van der Waals surface area contributed by atoms with E-state index in [-0.39, 0.29) is 0 Å². The van der Waals surface area contributed by atoms with Crippen LogP contribution in [0, 0.1) is 0 Å². The Morgan fingerprint density at radius 3 is 2.53 bits per heavy atom. The maximum atomic E-state index is 11.9. The number of ether oxygens (including phenoxy) is 1. The molecule has 7 heteroatoms. The predicted octanol–water partition coefficient (Wildman–Crippen LogP) is 1.80. The van der Waals surface area contributed by atoms with E-state index in [2.05, 4.69) is 0 Å². The van der Waals surface area contributed by atoms with Crippen molar-refractivity contribution < 1.29 is 22.7 Å². The Morgan fingerprint density at radius 2 is 2.07 bits per heavy atom. The van der Waals surface area contributed by atoms with Gasteiger partial charge in [-0.1, -0.05) is 11.6 Å². The average molecular weight is 246 g/mol. The highest BCUT2D eigenvalue weighted by Crippen LogP contribution is 2.23. The molecule has 0 aromatic carbocycles. The van der Waals surface area contributed by atoms with Crippen LogP contribution in [-0.4, -0.2) is 29.8 Å². The Kier molecular flexibility index (Phi) is 3.83. The van der Waals surface area contributed by atoms with Gasteiger partial charge in [0.15, 0.2) is 0 Å². The molecule has 0 bridgehead atoms. The van der Waals surface area contributed by atoms with Gasteiger partial charge in [0.05, 0.1) is 12.1 Å². The molecule has 1 aliphatic heterocycles. The first kappa shape index (κ1) is 12.6. The summed E-state index contributed by atoms with van der Waals surface area (Å²) in [6, 6.07) is -0.630. The fraction of sp³-hybridized carbons (Fsp3) is 0.875. The normalized spacial score (nSPS) is 32.5. The molecule has 3 nitrogen and oxygen atoms in total. The van der Waals surface area contributed by atoms with Gasteiger partial charge < -0.3 is 10.1 Å². The van der Waals surface area contributed by atoms with Crippen LogP contribution >= 0.6 is 11.6 Å². The summed E-state index contributed by atoms with van der Waals surface area (Å²) in [7, 11) is 0. The van der Waals surface area contributed by atoms with E-state index in [1.165, 1.54) is 0 Å². The lowest BCUT2D eigenvalue weighted by Gasteiger charge is -2.32. The molecule has 3 atom stereocenters. The Balaban J connectivity index is 2.49. The molecule has 1 heterocycles. The summed E-state index contributed by atoms with van der Waals surface area (Å²) in [4.78, 5) is 10.6. The van der Waals surface area contributed by atoms with Crippen molar-refractivity contribution in [1.29, 1.82) is 0 Å². The average Bonchev–Trinajstić information content (AvgIpc) is 2.08. The monoisotopic (exact) mass is 245 g/mol. The highest BCUT2D eigenvalue weighted by molar-refractivity contribution is 6.19. The van der Waals surface area contributed by atoms with Gasteiger partial charge in [0, 0.05) is 0 Å². The zero-order valence-electron chi connectivity index (χ0n) is 7.97. The van der Waals surface area contributed by atoms with Crippen LogP contribution in [0.3, 0.4) is 0 Å². The maximum absolute atomic E-state index is 11.9. The van der Waals surface area contributed by atoms with Gasteiger partial charge in [0.2, 0.25) is 0 Å². The summed E-state index contributed by atoms with van der Waals surface area (Å²) in [6.45, 7) is 1.58. The molecule has 0 aromatic rings. The number of carbonyl (C=O) groups excluding carboxylic acids is 1. The number of hydrogen-bond donors (Lipinski definition) is 1. The van der Waals surface area contributed by atoms with E-state index in [1.807, 2.05) is 5.32 Å². The largest absolute Gasteiger partial charge is 0.471 e. The van der Waals surface area contributed by atoms with Crippen molar-refractivity contribution in [2.75, 3.05) is 0 Å². The zero-order valence-corrected chi connectivity index (χ0v) is 8.73. The second-order valence-corrected chi connectivity index (χ2v) is 3.89. The summed E-state index contributed by atoms with van der Waals surface area (Å²) in [5.41, 5.74) is -0.487. The molecule has 88 valence electrons. The molecular weight excluding hydrogens is 235 g/mol. The van der Waals surface area contributed by atoms with Crippen LogP contribution in [0.2, 0.25) is 0 Å². The summed E-state index contributed by atoms with van der Waals surface area (Å²) >= 11 is 5.65. The minimum Gasteiger partial charge on any atom is -0.357 e. The van der Waals surface area contributed by atoms with Gasteiger partial charge in [-0.3, -0.25) is 4.79 Å². The summed E-state index contributed by atoms with van der Waals surface area (Å²) in [6.07, 6.45) is -4.55. The third-order valence-electron chi connectivity index (χ3n) is 2.21. The highest BCUT2D eigenvalue weighted by Gasteiger charge is 2.41. The number of alkyl halides is 4. The Labute approximate surface area is 89.9 Å². The molecule has 0 spiro atoms. The molecule has 1 amide bonds. The van der Waals surface area contributed by atoms with E-state index in [0.29, 0.717) is 12.8 Å². The van der Waals surface area contributed by atoms with Crippen LogP contribution < -0.4 is 5.32 Å². The van der Waals surface area contributed by atoms with E-state index in [9.17, 15) is 18.0 Å². The summed E-state index contributed by atoms with van der Waals surface area (Å²) in [5, 5.41) is 1.88. The lowest BCUT2D eigenvalue weighted by molar-refractivity contribution is -0.176. The second-order valence-electron chi connectivity index (χ2n) is 3.41. The van der Waals surface area contributed by atoms with E-state index in [4.69, 9.17) is 16.3 Å². The molecular formula is C8H11ClF3NO2. The van der Waals surface area contributed by atoms with E-state index in [0.717, 1.165) is 0 Å². The predicted molar refractivity (Wildman–Crippen MR) is 47.4 cm³/mol. The van der Waals surface area contributed by atoms with Gasteiger partial charge >= 0.3 is 12.1 Å². The Hall–Kier alpha value is -0.490. The standard InChI is InChI=1S/C8H11ClF3NO2/c1-4-5(2-3-6(9)15-4)13-7(14)8(10,11)12/h4-6H,2-3H2,1H3,(H,13,14)/t4-,5+,6?/m0/s1. The maximum Gasteiger partial charge on any atom is 0.471 e. The molecule has 1 aliphatic rings. The Morgan fingerprint density at radius 1 is 1.47 bits per heavy atom. The van der Waals surface area contributed by atoms with E-state index < -0.39 is 29.8 Å². The van der Waals surface area contributed by atoms with E-state index in [1.54, 1.807) is 6.92 Å². The quantitative estimate of drug-likeness (QED) is 0.716. The number of carbonyl (C=O) groups is 1. The number of hydrogen-bond acceptors (Lipinski definition) is 2. The second kappa shape index (κ2) is 4.57. The van der Waals surface area contributed by atoms with Crippen LogP contribution in [0.5, 0.6) is 0 Å². The minimum absolute atomic E-state index is 0.386. The fourth-order valence-corrected chi connectivity index (χ4v) is 1.67. The minimum atomic E-state index is -4.85. The van der Waals surface area contributed by atoms with Gasteiger partial charge in [0.1, 0.15) is 5.56 Å². The van der Waals surface area contributed by atoms with Crippen molar-refractivity contribution in [3.05, 3.63) is 0 Å². The van der Waals surface area contributed by atoms with Crippen LogP contribution in [-0.2, 0) is 9.53 Å². The van der Waals surface area contributed by atoms with Crippen molar-refractivity contribution >= 4 is 17.5 Å². The Bertz CT molecular complexity index is 247. The highest BCUT2D eigenvalue weighted by atomic mass is 35.5. The lowest BCUT2D eigenvalue weighted by Crippen LogP contribution is -2.51. The van der Waals surface area contributed by atoms with Crippen LogP contribution in [0.15, 0.2) is 0 Å². The molecule has 1 N–H and O–H groups in total. The van der Waals surface area contributed by atoms with Crippen molar-refractivity contribution in [3.8, 4) is 0 Å². The van der Waals surface area contributed by atoms with Crippen molar-refractivity contribution in [2.24, 2.45) is 0 Å². The third-order valence-corrected chi connectivity index (χ3v) is 2.53. The number of amides is 1. The lowest BCUT2D eigenvalue weighted by atomic mass is 10.0. The van der Waals surface area contributed by atoms with Gasteiger partial charge in [-0.2, -0.15) is 13.2 Å². The topological polar surface area (TPSA) is 38.3 Å². The molecule has 0 saturated carbocycles. The SMILES string of the molecule is C[C@@H]1OC(Cl)CC[C@H]1NC(=O)C(F)(F)F. The molecule has 1 saturated heterocycles. The van der Waals surface area contributed by atoms with Crippen LogP contribution in [0.4, 0.5) is 13.2 Å². The van der Waals surface area contributed by atoms with Gasteiger partial charge in [0.25, 0.3) is 0 Å². The van der Waals surface area contributed by atoms with Crippen molar-refractivity contribution in [2.45, 2.75) is 43.7 Å². The molecule has 1 unspecified atom stereocenters. The number of nitrogens with one attached hydrogen (secondary N) is 1. The molecule has 0 radical (unpaired) electrons. The first-order valence-corrected chi connectivity index (χ1v) is 4.91. The molecule has 0 aromatic heterocycles. The first-order chi connectivity index (χ1) is 6.80. The summed E-state index contributed by atoms with van der Waals surface area (Å²) < 4.78 is 40.9. The van der Waals surface area contributed by atoms with Crippen LogP contribution in [0.1, 0.15) is 19.8 Å². The number of halogens is 4. The van der Waals surface area contributed by atoms with E-state index >= 15 is 0 Å². The summed E-state index contributed by atoms with van der Waals surface area (Å²) in [5.74, 6) is -1.93. The molecule has 1 fully saturated rings.